The number of amides is 2. The van der Waals surface area contributed by atoms with Crippen LogP contribution in [0.15, 0.2) is 108 Å². The van der Waals surface area contributed by atoms with Gasteiger partial charge in [-0.15, -0.1) is 0 Å². The molecule has 0 aliphatic heterocycles. The number of halogens is 2. The topological polar surface area (TPSA) is 96.0 Å². The zero-order chi connectivity index (χ0) is 32.4. The Labute approximate surface area is 274 Å². The number of anilines is 1. The molecule has 0 heterocycles. The van der Waals surface area contributed by atoms with Crippen LogP contribution in [0.3, 0.4) is 0 Å². The molecule has 0 radical (unpaired) electrons. The van der Waals surface area contributed by atoms with Crippen LogP contribution < -0.4 is 14.4 Å². The number of nitrogens with one attached hydrogen (secondary N) is 1. The van der Waals surface area contributed by atoms with E-state index in [-0.39, 0.29) is 23.8 Å². The minimum Gasteiger partial charge on any atom is -0.494 e. The van der Waals surface area contributed by atoms with Crippen molar-refractivity contribution in [3.63, 3.8) is 0 Å². The zero-order valence-corrected chi connectivity index (χ0v) is 27.4. The summed E-state index contributed by atoms with van der Waals surface area (Å²) < 4.78 is 34.7. The Bertz CT molecular complexity index is 1690. The van der Waals surface area contributed by atoms with Gasteiger partial charge in [0.15, 0.2) is 0 Å². The molecule has 2 amide bonds. The predicted molar refractivity (Wildman–Crippen MR) is 178 cm³/mol. The Hall–Kier alpha value is -4.05. The summed E-state index contributed by atoms with van der Waals surface area (Å²) in [5.41, 5.74) is 1.68. The third kappa shape index (κ3) is 8.78. The average Bonchev–Trinajstić information content (AvgIpc) is 3.03. The van der Waals surface area contributed by atoms with E-state index in [2.05, 4.69) is 5.32 Å². The lowest BCUT2D eigenvalue weighted by atomic mass is 10.0. The van der Waals surface area contributed by atoms with Crippen molar-refractivity contribution in [2.75, 3.05) is 24.0 Å². The number of ether oxygens (including phenoxy) is 1. The number of nitrogens with zero attached hydrogens (tertiary/aromatic N) is 2. The Kier molecular flexibility index (Phi) is 11.9. The summed E-state index contributed by atoms with van der Waals surface area (Å²) in [7, 11) is -4.23. The van der Waals surface area contributed by atoms with Crippen molar-refractivity contribution in [3.05, 3.63) is 124 Å². The van der Waals surface area contributed by atoms with E-state index in [1.165, 1.54) is 17.0 Å². The molecule has 4 aromatic carbocycles. The summed E-state index contributed by atoms with van der Waals surface area (Å²) in [5.74, 6) is -0.442. The third-order valence-electron chi connectivity index (χ3n) is 7.02. The quantitative estimate of drug-likeness (QED) is 0.169. The minimum absolute atomic E-state index is 0.0144. The highest BCUT2D eigenvalue weighted by Gasteiger charge is 2.34. The molecule has 0 saturated carbocycles. The number of likely N-dealkylation sites (N-methyl/N-ethyl adjacent to an activating group) is 1. The second-order valence-electron chi connectivity index (χ2n) is 10.1. The van der Waals surface area contributed by atoms with E-state index in [4.69, 9.17) is 27.9 Å². The van der Waals surface area contributed by atoms with Crippen molar-refractivity contribution in [1.82, 2.24) is 10.2 Å². The van der Waals surface area contributed by atoms with Crippen LogP contribution in [0, 0.1) is 0 Å². The predicted octanol–water partition coefficient (Wildman–Crippen LogP) is 6.36. The van der Waals surface area contributed by atoms with E-state index in [1.54, 1.807) is 67.6 Å². The van der Waals surface area contributed by atoms with Gasteiger partial charge in [0.25, 0.3) is 10.0 Å². The normalized spacial score (nSPS) is 11.8. The summed E-state index contributed by atoms with van der Waals surface area (Å²) >= 11 is 12.7. The van der Waals surface area contributed by atoms with E-state index in [1.807, 2.05) is 37.3 Å². The first-order valence-corrected chi connectivity index (χ1v) is 16.7. The van der Waals surface area contributed by atoms with Gasteiger partial charge in [0.1, 0.15) is 18.3 Å². The molecule has 4 rings (SSSR count). The van der Waals surface area contributed by atoms with Crippen LogP contribution in [0.25, 0.3) is 0 Å². The van der Waals surface area contributed by atoms with Gasteiger partial charge in [0, 0.05) is 29.6 Å². The van der Waals surface area contributed by atoms with Crippen LogP contribution in [-0.4, -0.2) is 50.9 Å². The second kappa shape index (κ2) is 15.8. The van der Waals surface area contributed by atoms with Gasteiger partial charge in [-0.3, -0.25) is 13.9 Å². The van der Waals surface area contributed by atoms with Crippen molar-refractivity contribution in [3.8, 4) is 5.75 Å². The molecule has 0 aromatic heterocycles. The van der Waals surface area contributed by atoms with E-state index in [0.29, 0.717) is 40.2 Å². The SMILES string of the molecule is CCNC(=O)[C@@H](Cc1ccccc1)N(Cc1ccc(Cl)cc1Cl)C(=O)CN(c1ccccc1)S(=O)(=O)c1ccc(OCC)cc1. The van der Waals surface area contributed by atoms with Crippen LogP contribution in [-0.2, 0) is 32.6 Å². The largest absolute Gasteiger partial charge is 0.494 e. The van der Waals surface area contributed by atoms with Gasteiger partial charge in [-0.1, -0.05) is 77.8 Å². The highest BCUT2D eigenvalue weighted by atomic mass is 35.5. The molecule has 0 unspecified atom stereocenters. The van der Waals surface area contributed by atoms with Crippen molar-refractivity contribution in [2.24, 2.45) is 0 Å². The lowest BCUT2D eigenvalue weighted by Crippen LogP contribution is -2.53. The van der Waals surface area contributed by atoms with Gasteiger partial charge >= 0.3 is 0 Å². The van der Waals surface area contributed by atoms with Gasteiger partial charge in [0.05, 0.1) is 17.2 Å². The Morgan fingerprint density at radius 1 is 0.867 bits per heavy atom. The molecule has 0 aliphatic carbocycles. The second-order valence-corrected chi connectivity index (χ2v) is 12.8. The fourth-order valence-electron chi connectivity index (χ4n) is 4.80. The first kappa shape index (κ1) is 33.8. The number of para-hydroxylation sites is 1. The maximum absolute atomic E-state index is 14.4. The Morgan fingerprint density at radius 3 is 2.11 bits per heavy atom. The number of benzene rings is 4. The minimum atomic E-state index is -4.23. The standard InChI is InChI=1S/C34H35Cl2N3O5S/c1-3-37-34(41)32(21-25-11-7-5-8-12-25)38(23-26-15-16-27(35)22-31(26)36)33(40)24-39(28-13-9-6-10-14-28)45(42,43)30-19-17-29(18-20-30)44-4-2/h5-20,22,32H,3-4,21,23-24H2,1-2H3,(H,37,41)/t32-/m1/s1. The van der Waals surface area contributed by atoms with E-state index >= 15 is 0 Å². The monoisotopic (exact) mass is 667 g/mol. The molecule has 0 aliphatic rings. The summed E-state index contributed by atoms with van der Waals surface area (Å²) in [4.78, 5) is 29.4. The Morgan fingerprint density at radius 2 is 1.51 bits per heavy atom. The van der Waals surface area contributed by atoms with Crippen molar-refractivity contribution in [1.29, 1.82) is 0 Å². The van der Waals surface area contributed by atoms with Gasteiger partial charge in [-0.2, -0.15) is 0 Å². The smallest absolute Gasteiger partial charge is 0.264 e. The van der Waals surface area contributed by atoms with Crippen LogP contribution in [0.1, 0.15) is 25.0 Å². The van der Waals surface area contributed by atoms with Gasteiger partial charge in [0.2, 0.25) is 11.8 Å². The molecule has 1 atom stereocenters. The lowest BCUT2D eigenvalue weighted by molar-refractivity contribution is -0.140. The van der Waals surface area contributed by atoms with Crippen LogP contribution in [0.4, 0.5) is 5.69 Å². The molecule has 8 nitrogen and oxygen atoms in total. The summed E-state index contributed by atoms with van der Waals surface area (Å²) in [6, 6.07) is 27.6. The number of carbonyl (C=O) groups is 2. The van der Waals surface area contributed by atoms with Crippen molar-refractivity contribution >= 4 is 50.7 Å². The lowest BCUT2D eigenvalue weighted by Gasteiger charge is -2.34. The fourth-order valence-corrected chi connectivity index (χ4v) is 6.69. The molecule has 1 N–H and O–H groups in total. The maximum Gasteiger partial charge on any atom is 0.264 e. The molecule has 236 valence electrons. The molecule has 11 heteroatoms. The first-order valence-electron chi connectivity index (χ1n) is 14.5. The van der Waals surface area contributed by atoms with Gasteiger partial charge in [-0.05, 0) is 73.5 Å². The fraction of sp³-hybridized carbons (Fsp3) is 0.235. The summed E-state index contributed by atoms with van der Waals surface area (Å²) in [5, 5.41) is 3.57. The average molecular weight is 669 g/mol. The molecule has 4 aromatic rings. The van der Waals surface area contributed by atoms with Crippen molar-refractivity contribution < 1.29 is 22.7 Å². The van der Waals surface area contributed by atoms with Gasteiger partial charge in [-0.25, -0.2) is 8.42 Å². The first-order chi connectivity index (χ1) is 21.6. The molecule has 0 saturated heterocycles. The third-order valence-corrected chi connectivity index (χ3v) is 9.40. The highest BCUT2D eigenvalue weighted by Crippen LogP contribution is 2.28. The van der Waals surface area contributed by atoms with Gasteiger partial charge < -0.3 is 15.0 Å². The van der Waals surface area contributed by atoms with E-state index in [0.717, 1.165) is 9.87 Å². The molecular formula is C34H35Cl2N3O5S. The van der Waals surface area contributed by atoms with Crippen LogP contribution in [0.5, 0.6) is 5.75 Å². The molecule has 45 heavy (non-hydrogen) atoms. The summed E-state index contributed by atoms with van der Waals surface area (Å²) in [6.07, 6.45) is 0.195. The zero-order valence-electron chi connectivity index (χ0n) is 25.0. The molecule has 0 bridgehead atoms. The van der Waals surface area contributed by atoms with E-state index in [9.17, 15) is 18.0 Å². The number of hydrogen-bond acceptors (Lipinski definition) is 5. The summed E-state index contributed by atoms with van der Waals surface area (Å²) in [6.45, 7) is 3.77. The van der Waals surface area contributed by atoms with Crippen molar-refractivity contribution in [2.45, 2.75) is 37.8 Å². The molecule has 0 fully saturated rings. The number of hydrogen-bond donors (Lipinski definition) is 1. The Balaban J connectivity index is 1.78. The van der Waals surface area contributed by atoms with Crippen LogP contribution in [0.2, 0.25) is 10.0 Å². The number of sulfonamides is 1. The molecule has 0 spiro atoms. The number of rotatable bonds is 14. The highest BCUT2D eigenvalue weighted by molar-refractivity contribution is 7.92. The maximum atomic E-state index is 14.4. The van der Waals surface area contributed by atoms with Crippen LogP contribution >= 0.6 is 23.2 Å². The molecular weight excluding hydrogens is 633 g/mol. The van der Waals surface area contributed by atoms with E-state index < -0.39 is 28.5 Å². The number of carbonyl (C=O) groups excluding carboxylic acids is 2.